The van der Waals surface area contributed by atoms with E-state index in [2.05, 4.69) is 17.0 Å². The van der Waals surface area contributed by atoms with Gasteiger partial charge in [-0.2, -0.15) is 5.10 Å². The number of aromatic nitrogens is 2. The lowest BCUT2D eigenvalue weighted by Crippen LogP contribution is -2.17. The molecule has 2 heterocycles. The van der Waals surface area contributed by atoms with Crippen LogP contribution in [0.5, 0.6) is 5.75 Å². The molecule has 2 rings (SSSR count). The molecular formula is C8H12ClN3O. The molecule has 1 aliphatic heterocycles. The summed E-state index contributed by atoms with van der Waals surface area (Å²) >= 11 is 5.87. The van der Waals surface area contributed by atoms with E-state index in [9.17, 15) is 5.11 Å². The Balaban J connectivity index is 2.21. The van der Waals surface area contributed by atoms with E-state index in [-0.39, 0.29) is 5.75 Å². The van der Waals surface area contributed by atoms with Gasteiger partial charge in [0.15, 0.2) is 10.9 Å². The fraction of sp³-hybridized carbons (Fsp3) is 0.625. The van der Waals surface area contributed by atoms with E-state index in [1.54, 1.807) is 4.68 Å². The van der Waals surface area contributed by atoms with Crippen molar-refractivity contribution in [2.24, 2.45) is 0 Å². The molecule has 0 bridgehead atoms. The highest BCUT2D eigenvalue weighted by Gasteiger charge is 2.24. The Hall–Kier alpha value is -0.740. The van der Waals surface area contributed by atoms with Crippen LogP contribution < -0.4 is 0 Å². The lowest BCUT2D eigenvalue weighted by molar-refractivity contribution is 0.381. The third-order valence-corrected chi connectivity index (χ3v) is 2.80. The van der Waals surface area contributed by atoms with Gasteiger partial charge in [0.05, 0.1) is 12.2 Å². The second-order valence-corrected chi connectivity index (χ2v) is 3.83. The fourth-order valence-electron chi connectivity index (χ4n) is 1.70. The van der Waals surface area contributed by atoms with Crippen molar-refractivity contribution in [1.82, 2.24) is 14.7 Å². The van der Waals surface area contributed by atoms with Gasteiger partial charge < -0.3 is 10.0 Å². The minimum Gasteiger partial charge on any atom is -0.504 e. The highest BCUT2D eigenvalue weighted by Crippen LogP contribution is 2.29. The molecule has 0 amide bonds. The summed E-state index contributed by atoms with van der Waals surface area (Å²) in [5, 5.41) is 13.6. The molecule has 1 fully saturated rings. The topological polar surface area (TPSA) is 41.3 Å². The molecule has 0 radical (unpaired) electrons. The molecule has 1 aromatic heterocycles. The summed E-state index contributed by atoms with van der Waals surface area (Å²) in [6, 6.07) is 0.304. The van der Waals surface area contributed by atoms with Crippen LogP contribution in [0.25, 0.3) is 0 Å². The molecule has 13 heavy (non-hydrogen) atoms. The van der Waals surface area contributed by atoms with Crippen molar-refractivity contribution in [3.05, 3.63) is 11.3 Å². The molecule has 1 aromatic rings. The SMILES string of the molecule is CN1CCC(n2ncc(O)c2Cl)C1. The molecule has 4 nitrogen and oxygen atoms in total. The molecule has 1 N–H and O–H groups in total. The molecule has 0 aliphatic carbocycles. The number of halogens is 1. The minimum atomic E-state index is 0.0659. The first-order valence-electron chi connectivity index (χ1n) is 4.29. The molecule has 0 spiro atoms. The second-order valence-electron chi connectivity index (χ2n) is 3.47. The van der Waals surface area contributed by atoms with E-state index in [1.165, 1.54) is 6.20 Å². The highest BCUT2D eigenvalue weighted by atomic mass is 35.5. The molecular weight excluding hydrogens is 190 g/mol. The van der Waals surface area contributed by atoms with Crippen LogP contribution in [0.1, 0.15) is 12.5 Å². The van der Waals surface area contributed by atoms with Crippen LogP contribution in [0.15, 0.2) is 6.20 Å². The second kappa shape index (κ2) is 3.20. The number of likely N-dealkylation sites (tertiary alicyclic amines) is 1. The Morgan fingerprint density at radius 2 is 2.46 bits per heavy atom. The summed E-state index contributed by atoms with van der Waals surface area (Å²) in [5.74, 6) is 0.0659. The van der Waals surface area contributed by atoms with Gasteiger partial charge >= 0.3 is 0 Å². The van der Waals surface area contributed by atoms with Crippen LogP contribution in [0, 0.1) is 0 Å². The lowest BCUT2D eigenvalue weighted by Gasteiger charge is -2.11. The van der Waals surface area contributed by atoms with Crippen molar-refractivity contribution in [3.63, 3.8) is 0 Å². The van der Waals surface area contributed by atoms with Crippen molar-refractivity contribution in [2.45, 2.75) is 12.5 Å². The van der Waals surface area contributed by atoms with Crippen LogP contribution in [-0.2, 0) is 0 Å². The average Bonchev–Trinajstić information content (AvgIpc) is 2.62. The minimum absolute atomic E-state index is 0.0659. The Morgan fingerprint density at radius 3 is 2.92 bits per heavy atom. The maximum atomic E-state index is 9.24. The molecule has 1 aliphatic rings. The number of aromatic hydroxyl groups is 1. The Bertz CT molecular complexity index is 312. The van der Waals surface area contributed by atoms with Gasteiger partial charge in [-0.25, -0.2) is 4.68 Å². The summed E-state index contributed by atoms with van der Waals surface area (Å²) in [4.78, 5) is 2.22. The van der Waals surface area contributed by atoms with E-state index >= 15 is 0 Å². The zero-order chi connectivity index (χ0) is 9.42. The number of nitrogens with zero attached hydrogens (tertiary/aromatic N) is 3. The number of hydrogen-bond acceptors (Lipinski definition) is 3. The first-order chi connectivity index (χ1) is 6.18. The van der Waals surface area contributed by atoms with Gasteiger partial charge in [-0.3, -0.25) is 0 Å². The lowest BCUT2D eigenvalue weighted by atomic mass is 10.3. The summed E-state index contributed by atoms with van der Waals surface area (Å²) in [5.41, 5.74) is 0. The van der Waals surface area contributed by atoms with E-state index < -0.39 is 0 Å². The molecule has 1 atom stereocenters. The largest absolute Gasteiger partial charge is 0.504 e. The fourth-order valence-corrected chi connectivity index (χ4v) is 1.93. The standard InChI is InChI=1S/C8H12ClN3O/c1-11-3-2-6(5-11)12-8(9)7(13)4-10-12/h4,6,13H,2-3,5H2,1H3. The van der Waals surface area contributed by atoms with Gasteiger partial charge in [-0.15, -0.1) is 0 Å². The summed E-state index contributed by atoms with van der Waals surface area (Å²) < 4.78 is 1.69. The monoisotopic (exact) mass is 201 g/mol. The number of hydrogen-bond donors (Lipinski definition) is 1. The third-order valence-electron chi connectivity index (χ3n) is 2.43. The molecule has 0 aromatic carbocycles. The van der Waals surface area contributed by atoms with Gasteiger partial charge in [0.1, 0.15) is 0 Å². The van der Waals surface area contributed by atoms with Crippen molar-refractivity contribution in [3.8, 4) is 5.75 Å². The predicted octanol–water partition coefficient (Wildman–Crippen LogP) is 1.12. The van der Waals surface area contributed by atoms with Gasteiger partial charge in [0.2, 0.25) is 0 Å². The van der Waals surface area contributed by atoms with E-state index in [1.807, 2.05) is 0 Å². The van der Waals surface area contributed by atoms with Crippen LogP contribution >= 0.6 is 11.6 Å². The number of likely N-dealkylation sites (N-methyl/N-ethyl adjacent to an activating group) is 1. The zero-order valence-electron chi connectivity index (χ0n) is 7.44. The van der Waals surface area contributed by atoms with Gasteiger partial charge in [0, 0.05) is 6.54 Å². The average molecular weight is 202 g/mol. The van der Waals surface area contributed by atoms with Gasteiger partial charge in [-0.05, 0) is 20.0 Å². The molecule has 0 saturated carbocycles. The summed E-state index contributed by atoms with van der Waals surface area (Å²) in [6.45, 7) is 2.00. The van der Waals surface area contributed by atoms with Crippen LogP contribution in [0.4, 0.5) is 0 Å². The normalized spacial score (nSPS) is 24.0. The van der Waals surface area contributed by atoms with Crippen LogP contribution in [-0.4, -0.2) is 39.9 Å². The Labute approximate surface area is 81.7 Å². The quantitative estimate of drug-likeness (QED) is 0.741. The first-order valence-corrected chi connectivity index (χ1v) is 4.67. The number of rotatable bonds is 1. The zero-order valence-corrected chi connectivity index (χ0v) is 8.20. The maximum absolute atomic E-state index is 9.24. The molecule has 5 heteroatoms. The Morgan fingerprint density at radius 1 is 1.69 bits per heavy atom. The van der Waals surface area contributed by atoms with Gasteiger partial charge in [-0.1, -0.05) is 11.6 Å². The highest BCUT2D eigenvalue weighted by molar-refractivity contribution is 6.30. The van der Waals surface area contributed by atoms with Crippen LogP contribution in [0.2, 0.25) is 5.15 Å². The molecule has 1 unspecified atom stereocenters. The van der Waals surface area contributed by atoms with E-state index in [4.69, 9.17) is 11.6 Å². The summed E-state index contributed by atoms with van der Waals surface area (Å²) in [6.07, 6.45) is 2.43. The Kier molecular flexibility index (Phi) is 2.17. The van der Waals surface area contributed by atoms with Crippen molar-refractivity contribution in [2.75, 3.05) is 20.1 Å². The van der Waals surface area contributed by atoms with Crippen molar-refractivity contribution < 1.29 is 5.11 Å². The van der Waals surface area contributed by atoms with Crippen molar-refractivity contribution in [1.29, 1.82) is 0 Å². The third kappa shape index (κ3) is 1.51. The smallest absolute Gasteiger partial charge is 0.173 e. The first kappa shape index (κ1) is 8.84. The molecule has 72 valence electrons. The van der Waals surface area contributed by atoms with E-state index in [0.29, 0.717) is 11.2 Å². The predicted molar refractivity (Wildman–Crippen MR) is 50.1 cm³/mol. The van der Waals surface area contributed by atoms with Crippen LogP contribution in [0.3, 0.4) is 0 Å². The van der Waals surface area contributed by atoms with E-state index in [0.717, 1.165) is 19.5 Å². The van der Waals surface area contributed by atoms with Gasteiger partial charge in [0.25, 0.3) is 0 Å². The van der Waals surface area contributed by atoms with Crippen molar-refractivity contribution >= 4 is 11.6 Å². The maximum Gasteiger partial charge on any atom is 0.173 e. The molecule has 1 saturated heterocycles. The summed E-state index contributed by atoms with van der Waals surface area (Å²) in [7, 11) is 2.07.